The second-order valence-electron chi connectivity index (χ2n) is 5.15. The average molecular weight is 335 g/mol. The predicted octanol–water partition coefficient (Wildman–Crippen LogP) is 3.72. The third kappa shape index (κ3) is 4.85. The van der Waals surface area contributed by atoms with Crippen molar-refractivity contribution in [2.75, 3.05) is 19.3 Å². The molecule has 0 fully saturated rings. The first-order valence-electron chi connectivity index (χ1n) is 7.51. The third-order valence-corrected chi connectivity index (χ3v) is 5.02. The summed E-state index contributed by atoms with van der Waals surface area (Å²) in [5.41, 5.74) is 3.53. The summed E-state index contributed by atoms with van der Waals surface area (Å²) in [4.78, 5) is 4.40. The van der Waals surface area contributed by atoms with Crippen molar-refractivity contribution in [1.29, 1.82) is 0 Å². The summed E-state index contributed by atoms with van der Waals surface area (Å²) in [5, 5.41) is 13.1. The van der Waals surface area contributed by atoms with Gasteiger partial charge in [0.2, 0.25) is 0 Å². The van der Waals surface area contributed by atoms with E-state index >= 15 is 0 Å². The van der Waals surface area contributed by atoms with E-state index in [0.717, 1.165) is 35.7 Å². The van der Waals surface area contributed by atoms with Crippen LogP contribution in [0, 0.1) is 0 Å². The second-order valence-corrected chi connectivity index (χ2v) is 6.63. The van der Waals surface area contributed by atoms with Gasteiger partial charge in [-0.2, -0.15) is 0 Å². The van der Waals surface area contributed by atoms with Crippen LogP contribution in [0.3, 0.4) is 0 Å². The molecule has 0 amide bonds. The van der Waals surface area contributed by atoms with Gasteiger partial charge in [-0.15, -0.1) is 11.8 Å². The summed E-state index contributed by atoms with van der Waals surface area (Å²) < 4.78 is 1.02. The Hall–Kier alpha value is -1.33. The summed E-state index contributed by atoms with van der Waals surface area (Å²) in [7, 11) is 0. The Morgan fingerprint density at radius 2 is 2.23 bits per heavy atom. The van der Waals surface area contributed by atoms with Crippen LogP contribution in [0.2, 0.25) is 0 Å². The quantitative estimate of drug-likeness (QED) is 0.453. The minimum Gasteiger partial charge on any atom is -0.508 e. The zero-order chi connectivity index (χ0) is 15.8. The molecular weight excluding hydrogens is 312 g/mol. The molecule has 2 N–H and O–H groups in total. The van der Waals surface area contributed by atoms with Crippen molar-refractivity contribution in [3.8, 4) is 5.75 Å². The monoisotopic (exact) mass is 334 g/mol. The largest absolute Gasteiger partial charge is 0.508 e. The molecule has 0 heterocycles. The molecule has 1 aliphatic rings. The van der Waals surface area contributed by atoms with Crippen LogP contribution in [0.1, 0.15) is 24.8 Å². The Balaban J connectivity index is 1.74. The van der Waals surface area contributed by atoms with Crippen LogP contribution in [-0.2, 0) is 6.42 Å². The predicted molar refractivity (Wildman–Crippen MR) is 100 cm³/mol. The van der Waals surface area contributed by atoms with Crippen LogP contribution in [-0.4, -0.2) is 34.9 Å². The Morgan fingerprint density at radius 3 is 3.00 bits per heavy atom. The number of phenolic OH excluding ortho intramolecular Hbond substituents is 1. The fourth-order valence-corrected chi connectivity index (χ4v) is 3.19. The van der Waals surface area contributed by atoms with Gasteiger partial charge in [-0.3, -0.25) is 4.99 Å². The number of phenols is 1. The number of thiocarbonyl (C=S) groups is 1. The van der Waals surface area contributed by atoms with E-state index in [0.29, 0.717) is 12.2 Å². The van der Waals surface area contributed by atoms with Crippen LogP contribution in [0.15, 0.2) is 40.5 Å². The Bertz CT molecular complexity index is 582. The Labute approximate surface area is 141 Å². The molecule has 5 heteroatoms. The number of allylic oxidation sites excluding steroid dienone is 1. The molecule has 0 bridgehead atoms. The first-order chi connectivity index (χ1) is 10.7. The number of hydrogen-bond acceptors (Lipinski definition) is 5. The number of nitrogens with one attached hydrogen (secondary N) is 1. The minimum absolute atomic E-state index is 0.332. The zero-order valence-electron chi connectivity index (χ0n) is 12.8. The number of thioether (sulfide) groups is 1. The maximum atomic E-state index is 9.67. The van der Waals surface area contributed by atoms with E-state index in [2.05, 4.69) is 10.3 Å². The van der Waals surface area contributed by atoms with Gasteiger partial charge in [0.05, 0.1) is 10.7 Å². The van der Waals surface area contributed by atoms with Crippen molar-refractivity contribution in [1.82, 2.24) is 5.32 Å². The van der Waals surface area contributed by atoms with Crippen molar-refractivity contribution in [2.45, 2.75) is 25.7 Å². The normalized spacial score (nSPS) is 14.8. The SMILES string of the molecule is CSC(=S)C1=C(NCCN=CCc2ccccc2O)CCC1. The summed E-state index contributed by atoms with van der Waals surface area (Å²) in [6.07, 6.45) is 7.95. The highest BCUT2D eigenvalue weighted by Gasteiger charge is 2.16. The van der Waals surface area contributed by atoms with Crippen LogP contribution in [0.4, 0.5) is 0 Å². The van der Waals surface area contributed by atoms with Crippen molar-refractivity contribution < 1.29 is 5.11 Å². The van der Waals surface area contributed by atoms with E-state index in [-0.39, 0.29) is 0 Å². The molecule has 2 rings (SSSR count). The maximum Gasteiger partial charge on any atom is 0.119 e. The molecule has 0 aromatic heterocycles. The number of benzene rings is 1. The van der Waals surface area contributed by atoms with Crippen molar-refractivity contribution in [3.63, 3.8) is 0 Å². The average Bonchev–Trinajstić information content (AvgIpc) is 3.00. The van der Waals surface area contributed by atoms with Gasteiger partial charge in [-0.25, -0.2) is 0 Å². The summed E-state index contributed by atoms with van der Waals surface area (Å²) >= 11 is 7.04. The van der Waals surface area contributed by atoms with Crippen LogP contribution < -0.4 is 5.32 Å². The molecule has 0 saturated heterocycles. The van der Waals surface area contributed by atoms with Gasteiger partial charge >= 0.3 is 0 Å². The number of hydrogen-bond donors (Lipinski definition) is 2. The number of aliphatic imine (C=N–C) groups is 1. The zero-order valence-corrected chi connectivity index (χ0v) is 14.5. The standard InChI is InChI=1S/C17H22N2OS2/c1-22-17(21)14-6-4-7-15(14)19-12-11-18-10-9-13-5-2-3-8-16(13)20/h2-3,5,8,10,19-20H,4,6-7,9,11-12H2,1H3. The number of aromatic hydroxyl groups is 1. The van der Waals surface area contributed by atoms with Gasteiger partial charge in [-0.1, -0.05) is 30.4 Å². The lowest BCUT2D eigenvalue weighted by Gasteiger charge is -2.09. The summed E-state index contributed by atoms with van der Waals surface area (Å²) in [6, 6.07) is 7.37. The number of nitrogens with zero attached hydrogens (tertiary/aromatic N) is 1. The second kappa shape index (κ2) is 8.96. The molecule has 3 nitrogen and oxygen atoms in total. The lowest BCUT2D eigenvalue weighted by atomic mass is 10.1. The van der Waals surface area contributed by atoms with Gasteiger partial charge < -0.3 is 10.4 Å². The topological polar surface area (TPSA) is 44.6 Å². The summed E-state index contributed by atoms with van der Waals surface area (Å²) in [5.74, 6) is 0.332. The molecule has 22 heavy (non-hydrogen) atoms. The number of para-hydroxylation sites is 1. The summed E-state index contributed by atoms with van der Waals surface area (Å²) in [6.45, 7) is 1.56. The highest BCUT2D eigenvalue weighted by atomic mass is 32.2. The van der Waals surface area contributed by atoms with Crippen LogP contribution >= 0.6 is 24.0 Å². The highest BCUT2D eigenvalue weighted by Crippen LogP contribution is 2.28. The van der Waals surface area contributed by atoms with E-state index in [1.54, 1.807) is 17.8 Å². The Morgan fingerprint density at radius 1 is 1.41 bits per heavy atom. The van der Waals surface area contributed by atoms with Gasteiger partial charge in [0, 0.05) is 24.9 Å². The van der Waals surface area contributed by atoms with E-state index in [4.69, 9.17) is 12.2 Å². The molecule has 1 aromatic carbocycles. The molecule has 0 aliphatic heterocycles. The van der Waals surface area contributed by atoms with E-state index in [1.165, 1.54) is 17.7 Å². The minimum atomic E-state index is 0.332. The van der Waals surface area contributed by atoms with Gasteiger partial charge in [0.1, 0.15) is 5.75 Å². The molecular formula is C17H22N2OS2. The van der Waals surface area contributed by atoms with E-state index in [9.17, 15) is 5.11 Å². The van der Waals surface area contributed by atoms with Gasteiger partial charge in [-0.05, 0) is 42.7 Å². The molecule has 0 saturated carbocycles. The van der Waals surface area contributed by atoms with Crippen LogP contribution in [0.5, 0.6) is 5.75 Å². The van der Waals surface area contributed by atoms with Gasteiger partial charge in [0.15, 0.2) is 0 Å². The first-order valence-corrected chi connectivity index (χ1v) is 9.15. The smallest absolute Gasteiger partial charge is 0.119 e. The van der Waals surface area contributed by atoms with Crippen molar-refractivity contribution in [3.05, 3.63) is 41.1 Å². The van der Waals surface area contributed by atoms with Gasteiger partial charge in [0.25, 0.3) is 0 Å². The lowest BCUT2D eigenvalue weighted by Crippen LogP contribution is -2.18. The van der Waals surface area contributed by atoms with Crippen LogP contribution in [0.25, 0.3) is 0 Å². The fourth-order valence-electron chi connectivity index (χ4n) is 2.50. The molecule has 1 aliphatic carbocycles. The van der Waals surface area contributed by atoms with E-state index < -0.39 is 0 Å². The number of rotatable bonds is 7. The fraction of sp³-hybridized carbons (Fsp3) is 0.412. The first kappa shape index (κ1) is 17.0. The third-order valence-electron chi connectivity index (χ3n) is 3.66. The molecule has 118 valence electrons. The Kier molecular flexibility index (Phi) is 6.93. The molecule has 0 radical (unpaired) electrons. The lowest BCUT2D eigenvalue weighted by molar-refractivity contribution is 0.470. The molecule has 1 aromatic rings. The van der Waals surface area contributed by atoms with E-state index in [1.807, 2.05) is 30.7 Å². The van der Waals surface area contributed by atoms with Crippen molar-refractivity contribution in [2.24, 2.45) is 4.99 Å². The molecule has 0 unspecified atom stereocenters. The maximum absolute atomic E-state index is 9.67. The molecule has 0 spiro atoms. The molecule has 0 atom stereocenters. The van der Waals surface area contributed by atoms with Crippen molar-refractivity contribution >= 4 is 34.4 Å². The highest BCUT2D eigenvalue weighted by molar-refractivity contribution is 8.23.